The van der Waals surface area contributed by atoms with Crippen LogP contribution in [0.25, 0.3) is 0 Å². The van der Waals surface area contributed by atoms with E-state index in [4.69, 9.17) is 11.6 Å². The Morgan fingerprint density at radius 2 is 1.72 bits per heavy atom. The van der Waals surface area contributed by atoms with Gasteiger partial charge in [-0.1, -0.05) is 17.7 Å². The summed E-state index contributed by atoms with van der Waals surface area (Å²) in [6.07, 6.45) is 10.7. The van der Waals surface area contributed by atoms with E-state index in [2.05, 4.69) is 48.7 Å². The first kappa shape index (κ1) is 25.2. The van der Waals surface area contributed by atoms with Crippen LogP contribution in [0.2, 0.25) is 5.02 Å². The van der Waals surface area contributed by atoms with E-state index in [0.29, 0.717) is 34.0 Å². The number of nitrogens with zero attached hydrogens (tertiary/aromatic N) is 4. The van der Waals surface area contributed by atoms with Gasteiger partial charge in [-0.05, 0) is 107 Å². The van der Waals surface area contributed by atoms with Gasteiger partial charge in [-0.15, -0.1) is 0 Å². The van der Waals surface area contributed by atoms with Crippen LogP contribution in [-0.2, 0) is 17.4 Å². The minimum atomic E-state index is -2.56. The monoisotopic (exact) mass is 524 g/mol. The average Bonchev–Trinajstić information content (AvgIpc) is 3.29. The molecule has 1 aliphatic heterocycles. The molecule has 190 valence electrons. The molecule has 5 rings (SSSR count). The predicted molar refractivity (Wildman–Crippen MR) is 149 cm³/mol. The molecule has 36 heavy (non-hydrogen) atoms. The maximum absolute atomic E-state index is 12.8. The number of hydrogen-bond acceptors (Lipinski definition) is 7. The zero-order valence-electron chi connectivity index (χ0n) is 21.2. The Hall–Kier alpha value is -2.47. The Labute approximate surface area is 218 Å². The number of benzene rings is 1. The Morgan fingerprint density at radius 3 is 2.47 bits per heavy atom. The summed E-state index contributed by atoms with van der Waals surface area (Å²) >= 11 is 6.41. The van der Waals surface area contributed by atoms with E-state index in [0.717, 1.165) is 24.1 Å². The van der Waals surface area contributed by atoms with Crippen LogP contribution >= 0.6 is 18.7 Å². The molecule has 3 heterocycles. The van der Waals surface area contributed by atoms with Gasteiger partial charge in [0.2, 0.25) is 5.95 Å². The number of aromatic nitrogens is 3. The van der Waals surface area contributed by atoms with Crippen LogP contribution in [0.1, 0.15) is 42.4 Å². The van der Waals surface area contributed by atoms with Gasteiger partial charge >= 0.3 is 0 Å². The molecule has 0 saturated carbocycles. The number of hydrogen-bond donors (Lipinski definition) is 2. The van der Waals surface area contributed by atoms with Gasteiger partial charge in [0, 0.05) is 17.9 Å². The van der Waals surface area contributed by atoms with E-state index in [1.807, 2.05) is 13.0 Å². The minimum Gasteiger partial charge on any atom is -0.324 e. The van der Waals surface area contributed by atoms with Crippen molar-refractivity contribution in [2.75, 3.05) is 37.1 Å². The number of anilines is 4. The van der Waals surface area contributed by atoms with Gasteiger partial charge in [-0.25, -0.2) is 9.97 Å². The molecule has 1 unspecified atom stereocenters. The molecule has 0 spiro atoms. The summed E-state index contributed by atoms with van der Waals surface area (Å²) < 4.78 is 12.8. The van der Waals surface area contributed by atoms with E-state index < -0.39 is 7.14 Å². The molecular formula is C27H34ClN6OP. The Kier molecular flexibility index (Phi) is 7.34. The minimum absolute atomic E-state index is 0.366. The van der Waals surface area contributed by atoms with Gasteiger partial charge in [0.25, 0.3) is 0 Å². The quantitative estimate of drug-likeness (QED) is 0.306. The number of pyridine rings is 1. The normalized spacial score (nSPS) is 18.5. The fourth-order valence-electron chi connectivity index (χ4n) is 5.26. The fourth-order valence-corrected chi connectivity index (χ4v) is 6.53. The van der Waals surface area contributed by atoms with Crippen LogP contribution in [0.5, 0.6) is 0 Å². The molecule has 1 fully saturated rings. The zero-order chi connectivity index (χ0) is 25.3. The topological polar surface area (TPSA) is 83.0 Å². The molecule has 1 aliphatic carbocycles. The highest BCUT2D eigenvalue weighted by atomic mass is 35.5. The van der Waals surface area contributed by atoms with Gasteiger partial charge in [0.1, 0.15) is 18.0 Å². The zero-order valence-corrected chi connectivity index (χ0v) is 22.9. The van der Waals surface area contributed by atoms with Crippen molar-refractivity contribution in [1.82, 2.24) is 19.9 Å². The first-order valence-electron chi connectivity index (χ1n) is 12.7. The van der Waals surface area contributed by atoms with Crippen molar-refractivity contribution >= 4 is 47.3 Å². The summed E-state index contributed by atoms with van der Waals surface area (Å²) in [6.45, 7) is 7.91. The molecule has 2 N–H and O–H groups in total. The summed E-state index contributed by atoms with van der Waals surface area (Å²) in [5.41, 5.74) is 4.76. The van der Waals surface area contributed by atoms with E-state index in [9.17, 15) is 4.57 Å². The molecule has 1 atom stereocenters. The van der Waals surface area contributed by atoms with Crippen molar-refractivity contribution in [3.05, 3.63) is 58.4 Å². The van der Waals surface area contributed by atoms with E-state index in [1.165, 1.54) is 49.9 Å². The number of halogens is 1. The maximum Gasteiger partial charge on any atom is 0.229 e. The molecule has 2 aliphatic rings. The van der Waals surface area contributed by atoms with Crippen LogP contribution in [0.15, 0.2) is 36.7 Å². The van der Waals surface area contributed by atoms with Gasteiger partial charge < -0.3 is 20.1 Å². The molecule has 7 nitrogen and oxygen atoms in total. The molecule has 1 aromatic carbocycles. The third-order valence-electron chi connectivity index (χ3n) is 7.18. The van der Waals surface area contributed by atoms with Gasteiger partial charge in [0.05, 0.1) is 11.5 Å². The van der Waals surface area contributed by atoms with Crippen LogP contribution < -0.4 is 15.9 Å². The number of fused-ring (bicyclic) bond motifs is 1. The number of likely N-dealkylation sites (tertiary alicyclic amines) is 1. The highest BCUT2D eigenvalue weighted by Crippen LogP contribution is 2.38. The number of nitrogens with one attached hydrogen (secondary N) is 2. The molecule has 0 bridgehead atoms. The van der Waals surface area contributed by atoms with Crippen molar-refractivity contribution in [1.29, 1.82) is 0 Å². The highest BCUT2D eigenvalue weighted by molar-refractivity contribution is 7.70. The average molecular weight is 525 g/mol. The summed E-state index contributed by atoms with van der Waals surface area (Å²) in [4.78, 5) is 16.1. The molecule has 9 heteroatoms. The lowest BCUT2D eigenvalue weighted by atomic mass is 10.0. The second kappa shape index (κ2) is 10.5. The molecule has 0 amide bonds. The lowest BCUT2D eigenvalue weighted by Crippen LogP contribution is -2.32. The number of rotatable bonds is 6. The van der Waals surface area contributed by atoms with Crippen molar-refractivity contribution in [3.8, 4) is 0 Å². The van der Waals surface area contributed by atoms with Gasteiger partial charge in [-0.2, -0.15) is 4.98 Å². The van der Waals surface area contributed by atoms with Crippen LogP contribution in [0.4, 0.5) is 23.3 Å². The lowest BCUT2D eigenvalue weighted by molar-refractivity contribution is 0.222. The summed E-state index contributed by atoms with van der Waals surface area (Å²) in [5, 5.41) is 7.56. The molecule has 0 radical (unpaired) electrons. The maximum atomic E-state index is 12.8. The van der Waals surface area contributed by atoms with Gasteiger partial charge in [0.15, 0.2) is 5.82 Å². The van der Waals surface area contributed by atoms with Crippen molar-refractivity contribution in [2.45, 2.75) is 51.5 Å². The fraction of sp³-hybridized carbons (Fsp3) is 0.444. The molecule has 1 saturated heterocycles. The largest absolute Gasteiger partial charge is 0.324 e. The molecular weight excluding hydrogens is 491 g/mol. The Morgan fingerprint density at radius 1 is 0.972 bits per heavy atom. The van der Waals surface area contributed by atoms with Crippen molar-refractivity contribution in [3.63, 3.8) is 0 Å². The van der Waals surface area contributed by atoms with Crippen molar-refractivity contribution < 1.29 is 4.57 Å². The van der Waals surface area contributed by atoms with E-state index in [-0.39, 0.29) is 0 Å². The highest BCUT2D eigenvalue weighted by Gasteiger charge is 2.24. The predicted octanol–water partition coefficient (Wildman–Crippen LogP) is 5.91. The van der Waals surface area contributed by atoms with Crippen LogP contribution in [0.3, 0.4) is 0 Å². The van der Waals surface area contributed by atoms with E-state index in [1.54, 1.807) is 25.7 Å². The van der Waals surface area contributed by atoms with Crippen LogP contribution in [0, 0.1) is 6.92 Å². The lowest BCUT2D eigenvalue weighted by Gasteiger charge is -2.25. The summed E-state index contributed by atoms with van der Waals surface area (Å²) in [6, 6.07) is 9.17. The SMILES string of the molecule is Cc1cnc(Nc2nc(Nc3ccc4c(c3)CCC(N3CCCC3)CC4)ncc2Cl)c(P(C)(C)=O)c1. The Bertz CT molecular complexity index is 1300. The van der Waals surface area contributed by atoms with E-state index >= 15 is 0 Å². The third kappa shape index (κ3) is 5.74. The Balaban J connectivity index is 1.33. The van der Waals surface area contributed by atoms with Crippen LogP contribution in [-0.4, -0.2) is 52.3 Å². The smallest absolute Gasteiger partial charge is 0.229 e. The van der Waals surface area contributed by atoms with Gasteiger partial charge in [-0.3, -0.25) is 0 Å². The summed E-state index contributed by atoms with van der Waals surface area (Å²) in [5.74, 6) is 1.36. The number of aryl methyl sites for hydroxylation is 3. The first-order chi connectivity index (χ1) is 17.3. The standard InChI is InChI=1S/C27H34ClN6OP/c1-18-14-24(36(2,3)35)26(29-16-18)32-25-23(28)17-30-27(33-25)31-21-9-6-19-7-10-22(11-8-20(19)15-21)34-12-4-5-13-34/h6,9,14-17,22H,4-5,7-8,10-13H2,1-3H3,(H2,29,30,31,32,33). The van der Waals surface area contributed by atoms with Crippen molar-refractivity contribution in [2.24, 2.45) is 0 Å². The first-order valence-corrected chi connectivity index (χ1v) is 15.7. The third-order valence-corrected chi connectivity index (χ3v) is 8.96. The summed E-state index contributed by atoms with van der Waals surface area (Å²) in [7, 11) is -2.56. The second-order valence-electron chi connectivity index (χ2n) is 10.3. The second-order valence-corrected chi connectivity index (χ2v) is 13.9. The molecule has 3 aromatic rings. The molecule has 2 aromatic heterocycles.